The fourth-order valence-corrected chi connectivity index (χ4v) is 4.85. The number of halogens is 1. The molecule has 2 fully saturated rings. The predicted octanol–water partition coefficient (Wildman–Crippen LogP) is 3.36. The lowest BCUT2D eigenvalue weighted by Crippen LogP contribution is -2.46. The molecule has 0 aliphatic carbocycles. The van der Waals surface area contributed by atoms with Gasteiger partial charge in [-0.25, -0.2) is 9.07 Å². The summed E-state index contributed by atoms with van der Waals surface area (Å²) in [5.41, 5.74) is 9.08. The zero-order valence-corrected chi connectivity index (χ0v) is 16.9. The third kappa shape index (κ3) is 4.62. The van der Waals surface area contributed by atoms with Crippen LogP contribution in [-0.2, 0) is 6.54 Å². The molecule has 3 unspecified atom stereocenters. The van der Waals surface area contributed by atoms with E-state index in [-0.39, 0.29) is 5.82 Å². The van der Waals surface area contributed by atoms with E-state index in [0.29, 0.717) is 12.0 Å². The fourth-order valence-electron chi connectivity index (χ4n) is 4.85. The standard InChI is InChI=1S/C22H32FN5/c1-16(2)10-19-12-24-26-22(19)18-4-3-9-27(15-18)13-17-11-25-28(14-17)21-7-5-20(23)6-8-21/h5-8,11,14,16,18-19,22,24,26H,3-4,9-10,12-13,15H2,1-2H3. The van der Waals surface area contributed by atoms with Crippen LogP contribution in [0, 0.1) is 23.6 Å². The summed E-state index contributed by atoms with van der Waals surface area (Å²) < 4.78 is 15.0. The molecule has 1 aromatic carbocycles. The smallest absolute Gasteiger partial charge is 0.123 e. The fraction of sp³-hybridized carbons (Fsp3) is 0.591. The highest BCUT2D eigenvalue weighted by molar-refractivity contribution is 5.31. The summed E-state index contributed by atoms with van der Waals surface area (Å²) in [6.45, 7) is 8.93. The Morgan fingerprint density at radius 3 is 2.86 bits per heavy atom. The van der Waals surface area contributed by atoms with Crippen LogP contribution in [0.25, 0.3) is 5.69 Å². The van der Waals surface area contributed by atoms with Gasteiger partial charge in [0.25, 0.3) is 0 Å². The van der Waals surface area contributed by atoms with E-state index >= 15 is 0 Å². The van der Waals surface area contributed by atoms with Crippen LogP contribution in [0.3, 0.4) is 0 Å². The Morgan fingerprint density at radius 1 is 1.25 bits per heavy atom. The number of piperidine rings is 1. The molecule has 2 aliphatic rings. The van der Waals surface area contributed by atoms with Crippen molar-refractivity contribution in [2.45, 2.75) is 45.7 Å². The summed E-state index contributed by atoms with van der Waals surface area (Å²) in [6.07, 6.45) is 7.84. The zero-order chi connectivity index (χ0) is 19.5. The summed E-state index contributed by atoms with van der Waals surface area (Å²) in [6, 6.07) is 7.05. The van der Waals surface area contributed by atoms with Crippen molar-refractivity contribution >= 4 is 0 Å². The van der Waals surface area contributed by atoms with E-state index in [9.17, 15) is 4.39 Å². The lowest BCUT2D eigenvalue weighted by atomic mass is 9.81. The van der Waals surface area contributed by atoms with Gasteiger partial charge in [0.2, 0.25) is 0 Å². The minimum absolute atomic E-state index is 0.221. The molecule has 0 radical (unpaired) electrons. The van der Waals surface area contributed by atoms with Crippen molar-refractivity contribution in [2.24, 2.45) is 17.8 Å². The third-order valence-electron chi connectivity index (χ3n) is 6.10. The SMILES string of the molecule is CC(C)CC1CNNC1C1CCCN(Cc2cnn(-c3ccc(F)cc3)c2)C1. The number of rotatable bonds is 6. The summed E-state index contributed by atoms with van der Waals surface area (Å²) >= 11 is 0. The van der Waals surface area contributed by atoms with Crippen LogP contribution in [-0.4, -0.2) is 40.4 Å². The highest BCUT2D eigenvalue weighted by atomic mass is 19.1. The first-order chi connectivity index (χ1) is 13.6. The number of benzene rings is 1. The molecule has 2 aromatic rings. The number of nitrogens with zero attached hydrogens (tertiary/aromatic N) is 3. The maximum absolute atomic E-state index is 13.1. The van der Waals surface area contributed by atoms with Crippen LogP contribution in [0.2, 0.25) is 0 Å². The average molecular weight is 386 g/mol. The summed E-state index contributed by atoms with van der Waals surface area (Å²) in [5, 5.41) is 4.47. The first-order valence-electron chi connectivity index (χ1n) is 10.6. The lowest BCUT2D eigenvalue weighted by Gasteiger charge is -2.37. The van der Waals surface area contributed by atoms with E-state index in [4.69, 9.17) is 0 Å². The van der Waals surface area contributed by atoms with Crippen LogP contribution in [0.15, 0.2) is 36.7 Å². The van der Waals surface area contributed by atoms with Gasteiger partial charge in [0, 0.05) is 37.4 Å². The molecular formula is C22H32FN5. The molecule has 3 heterocycles. The number of likely N-dealkylation sites (tertiary alicyclic amines) is 1. The molecule has 1 aromatic heterocycles. The minimum atomic E-state index is -0.221. The lowest BCUT2D eigenvalue weighted by molar-refractivity contribution is 0.128. The van der Waals surface area contributed by atoms with E-state index in [1.807, 2.05) is 10.9 Å². The van der Waals surface area contributed by atoms with Crippen molar-refractivity contribution in [1.82, 2.24) is 25.5 Å². The van der Waals surface area contributed by atoms with E-state index in [1.165, 1.54) is 37.0 Å². The van der Waals surface area contributed by atoms with Crippen molar-refractivity contribution in [2.75, 3.05) is 19.6 Å². The Kier molecular flexibility index (Phi) is 6.09. The van der Waals surface area contributed by atoms with Gasteiger partial charge in [-0.05, 0) is 67.8 Å². The molecule has 28 heavy (non-hydrogen) atoms. The van der Waals surface area contributed by atoms with Crippen molar-refractivity contribution < 1.29 is 4.39 Å². The normalized spacial score (nSPS) is 26.2. The minimum Gasteiger partial charge on any atom is -0.299 e. The van der Waals surface area contributed by atoms with Crippen molar-refractivity contribution in [3.8, 4) is 5.69 Å². The molecule has 2 N–H and O–H groups in total. The monoisotopic (exact) mass is 385 g/mol. The molecule has 0 amide bonds. The van der Waals surface area contributed by atoms with E-state index in [2.05, 4.69) is 40.9 Å². The van der Waals surface area contributed by atoms with Crippen LogP contribution in [0.5, 0.6) is 0 Å². The van der Waals surface area contributed by atoms with Crippen molar-refractivity contribution in [3.05, 3.63) is 48.0 Å². The third-order valence-corrected chi connectivity index (χ3v) is 6.10. The van der Waals surface area contributed by atoms with Gasteiger partial charge in [0.15, 0.2) is 0 Å². The second-order valence-electron chi connectivity index (χ2n) is 8.85. The van der Waals surface area contributed by atoms with E-state index in [1.54, 1.807) is 12.1 Å². The summed E-state index contributed by atoms with van der Waals surface area (Å²) in [7, 11) is 0. The second kappa shape index (κ2) is 8.72. The molecule has 0 saturated carbocycles. The van der Waals surface area contributed by atoms with Gasteiger partial charge in [-0.1, -0.05) is 13.8 Å². The molecule has 5 nitrogen and oxygen atoms in total. The highest BCUT2D eigenvalue weighted by Gasteiger charge is 2.35. The van der Waals surface area contributed by atoms with Crippen LogP contribution in [0.4, 0.5) is 4.39 Å². The highest BCUT2D eigenvalue weighted by Crippen LogP contribution is 2.29. The summed E-state index contributed by atoms with van der Waals surface area (Å²) in [5.74, 6) is 1.94. The quantitative estimate of drug-likeness (QED) is 0.800. The molecule has 3 atom stereocenters. The first kappa shape index (κ1) is 19.6. The van der Waals surface area contributed by atoms with Crippen LogP contribution < -0.4 is 10.9 Å². The van der Waals surface area contributed by atoms with Gasteiger partial charge < -0.3 is 0 Å². The van der Waals surface area contributed by atoms with Gasteiger partial charge in [0.1, 0.15) is 5.82 Å². The summed E-state index contributed by atoms with van der Waals surface area (Å²) in [4.78, 5) is 2.56. The zero-order valence-electron chi connectivity index (χ0n) is 16.9. The Bertz CT molecular complexity index is 757. The molecule has 2 aliphatic heterocycles. The Balaban J connectivity index is 1.37. The number of hydrazine groups is 1. The van der Waals surface area contributed by atoms with E-state index < -0.39 is 0 Å². The average Bonchev–Trinajstić information content (AvgIpc) is 3.32. The number of hydrogen-bond donors (Lipinski definition) is 2. The van der Waals surface area contributed by atoms with Crippen molar-refractivity contribution in [1.29, 1.82) is 0 Å². The Labute approximate surface area is 167 Å². The van der Waals surface area contributed by atoms with Crippen molar-refractivity contribution in [3.63, 3.8) is 0 Å². The molecule has 0 bridgehead atoms. The van der Waals surface area contributed by atoms with Gasteiger partial charge in [-0.15, -0.1) is 0 Å². The maximum Gasteiger partial charge on any atom is 0.123 e. The number of nitrogens with one attached hydrogen (secondary N) is 2. The molecule has 6 heteroatoms. The van der Waals surface area contributed by atoms with Gasteiger partial charge in [-0.2, -0.15) is 5.10 Å². The second-order valence-corrected chi connectivity index (χ2v) is 8.85. The Morgan fingerprint density at radius 2 is 2.07 bits per heavy atom. The van der Waals surface area contributed by atoms with E-state index in [0.717, 1.165) is 43.7 Å². The molecule has 2 saturated heterocycles. The van der Waals surface area contributed by atoms with Crippen LogP contribution in [0.1, 0.15) is 38.7 Å². The Hall–Kier alpha value is -1.76. The topological polar surface area (TPSA) is 45.1 Å². The number of hydrogen-bond acceptors (Lipinski definition) is 4. The van der Waals surface area contributed by atoms with Crippen LogP contribution >= 0.6 is 0 Å². The number of aromatic nitrogens is 2. The first-order valence-corrected chi connectivity index (χ1v) is 10.6. The molecular weight excluding hydrogens is 353 g/mol. The van der Waals surface area contributed by atoms with Gasteiger partial charge in [0.05, 0.1) is 11.9 Å². The van der Waals surface area contributed by atoms with Gasteiger partial charge >= 0.3 is 0 Å². The molecule has 152 valence electrons. The molecule has 4 rings (SSSR count). The maximum atomic E-state index is 13.1. The van der Waals surface area contributed by atoms with Gasteiger partial charge in [-0.3, -0.25) is 15.8 Å². The largest absolute Gasteiger partial charge is 0.299 e. The predicted molar refractivity (Wildman–Crippen MR) is 109 cm³/mol. The molecule has 0 spiro atoms.